The lowest BCUT2D eigenvalue weighted by molar-refractivity contribution is 0.0805. The number of aliphatic hydroxyl groups is 1. The Kier molecular flexibility index (Phi) is 9.01. The van der Waals surface area contributed by atoms with E-state index >= 15 is 0 Å². The molecule has 0 saturated carbocycles. The molecular weight excluding hydrogens is 530 g/mol. The summed E-state index contributed by atoms with van der Waals surface area (Å²) in [5.41, 5.74) is 3.70. The molecule has 5 rings (SSSR count). The van der Waals surface area contributed by atoms with Crippen LogP contribution in [0, 0.1) is 0 Å². The molecule has 1 fully saturated rings. The van der Waals surface area contributed by atoms with Gasteiger partial charge in [0.15, 0.2) is 5.82 Å². The molecule has 5 N–H and O–H groups in total. The summed E-state index contributed by atoms with van der Waals surface area (Å²) in [6.45, 7) is 4.91. The quantitative estimate of drug-likeness (QED) is 0.206. The first-order valence-electron chi connectivity index (χ1n) is 13.8. The average molecular weight is 566 g/mol. The predicted octanol–water partition coefficient (Wildman–Crippen LogP) is 3.54. The van der Waals surface area contributed by atoms with Crippen LogP contribution in [-0.2, 0) is 12.8 Å². The number of piperazine rings is 1. The molecule has 40 heavy (non-hydrogen) atoms. The summed E-state index contributed by atoms with van der Waals surface area (Å²) in [7, 11) is 1.58. The number of para-hydroxylation sites is 1. The predicted molar refractivity (Wildman–Crippen MR) is 157 cm³/mol. The van der Waals surface area contributed by atoms with Gasteiger partial charge in [-0.2, -0.15) is 4.98 Å². The molecule has 3 aromatic rings. The lowest BCUT2D eigenvalue weighted by atomic mass is 9.99. The number of amides is 1. The Morgan fingerprint density at radius 3 is 2.67 bits per heavy atom. The van der Waals surface area contributed by atoms with E-state index in [1.54, 1.807) is 25.2 Å². The van der Waals surface area contributed by atoms with E-state index in [0.717, 1.165) is 64.0 Å². The van der Waals surface area contributed by atoms with Crippen molar-refractivity contribution in [1.29, 1.82) is 0 Å². The summed E-state index contributed by atoms with van der Waals surface area (Å²) in [4.78, 5) is 26.0. The minimum absolute atomic E-state index is 0.205. The number of anilines is 4. The average Bonchev–Trinajstić information content (AvgIpc) is 3.20. The number of phenolic OH excluding ortho intramolecular Hbond substituents is 1. The van der Waals surface area contributed by atoms with Gasteiger partial charge in [0, 0.05) is 45.8 Å². The summed E-state index contributed by atoms with van der Waals surface area (Å²) in [6, 6.07) is 11.5. The summed E-state index contributed by atoms with van der Waals surface area (Å²) >= 11 is 6.38. The molecule has 1 aliphatic carbocycles. The number of aromatic hydroxyl groups is 1. The SMILES string of the molecule is CNC(=O)c1ccccc1Nc1nc(Nc2ccc3c(c2O)CCC[C@H](N2CCN(CCO)CC2)C3)ncc1Cl. The van der Waals surface area contributed by atoms with Gasteiger partial charge in [-0.3, -0.25) is 14.6 Å². The van der Waals surface area contributed by atoms with E-state index in [4.69, 9.17) is 11.6 Å². The number of rotatable bonds is 8. The Bertz CT molecular complexity index is 1350. The first-order valence-corrected chi connectivity index (χ1v) is 14.1. The fourth-order valence-electron chi connectivity index (χ4n) is 5.61. The number of benzene rings is 2. The Hall–Kier alpha value is -3.44. The van der Waals surface area contributed by atoms with Gasteiger partial charge in [-0.15, -0.1) is 0 Å². The molecule has 1 aromatic heterocycles. The summed E-state index contributed by atoms with van der Waals surface area (Å²) < 4.78 is 0. The number of phenols is 1. The molecule has 10 nitrogen and oxygen atoms in total. The number of hydrogen-bond acceptors (Lipinski definition) is 9. The van der Waals surface area contributed by atoms with Gasteiger partial charge in [0.2, 0.25) is 5.95 Å². The molecular formula is C29H36ClN7O3. The van der Waals surface area contributed by atoms with Gasteiger partial charge >= 0.3 is 0 Å². The first-order chi connectivity index (χ1) is 19.5. The second-order valence-electron chi connectivity index (χ2n) is 10.2. The number of hydrogen-bond donors (Lipinski definition) is 5. The van der Waals surface area contributed by atoms with Crippen molar-refractivity contribution >= 4 is 40.6 Å². The summed E-state index contributed by atoms with van der Waals surface area (Å²) in [5, 5.41) is 29.7. The van der Waals surface area contributed by atoms with Gasteiger partial charge in [-0.25, -0.2) is 4.98 Å². The van der Waals surface area contributed by atoms with Crippen LogP contribution in [0.2, 0.25) is 5.02 Å². The highest BCUT2D eigenvalue weighted by Gasteiger charge is 2.27. The smallest absolute Gasteiger partial charge is 0.253 e. The van der Waals surface area contributed by atoms with Crippen molar-refractivity contribution in [2.24, 2.45) is 0 Å². The molecule has 1 amide bonds. The minimum Gasteiger partial charge on any atom is -0.505 e. The maximum absolute atomic E-state index is 12.3. The molecule has 2 aromatic carbocycles. The van der Waals surface area contributed by atoms with E-state index in [1.807, 2.05) is 12.1 Å². The zero-order chi connectivity index (χ0) is 28.1. The Morgan fingerprint density at radius 2 is 1.90 bits per heavy atom. The molecule has 212 valence electrons. The number of halogens is 1. The lowest BCUT2D eigenvalue weighted by Crippen LogP contribution is -2.51. The normalized spacial score (nSPS) is 18.0. The van der Waals surface area contributed by atoms with Gasteiger partial charge in [0.25, 0.3) is 5.91 Å². The lowest BCUT2D eigenvalue weighted by Gasteiger charge is -2.39. The third-order valence-electron chi connectivity index (χ3n) is 7.78. The second-order valence-corrected chi connectivity index (χ2v) is 10.6. The van der Waals surface area contributed by atoms with Gasteiger partial charge < -0.3 is 26.2 Å². The van der Waals surface area contributed by atoms with Crippen molar-refractivity contribution < 1.29 is 15.0 Å². The number of nitrogens with zero attached hydrogens (tertiary/aromatic N) is 4. The summed E-state index contributed by atoms with van der Waals surface area (Å²) in [6.07, 6.45) is 5.28. The standard InChI is InChI=1S/C29H36ClN7O3/c1-31-28(40)22-6-2-3-8-24(22)33-27-23(30)18-32-29(35-27)34-25-10-9-19-17-20(5-4-7-21(19)26(25)39)37-13-11-36(12-14-37)15-16-38/h2-3,6,8-10,18,20,38-39H,4-5,7,11-17H2,1H3,(H,31,40)(H2,32,33,34,35)/t20-/m0/s1. The van der Waals surface area contributed by atoms with E-state index in [2.05, 4.69) is 41.8 Å². The molecule has 1 atom stereocenters. The fraction of sp³-hybridized carbons (Fsp3) is 0.414. The van der Waals surface area contributed by atoms with Crippen LogP contribution < -0.4 is 16.0 Å². The van der Waals surface area contributed by atoms with Crippen LogP contribution in [0.25, 0.3) is 0 Å². The first kappa shape index (κ1) is 28.1. The maximum atomic E-state index is 12.3. The Balaban J connectivity index is 1.31. The molecule has 0 unspecified atom stereocenters. The van der Waals surface area contributed by atoms with Crippen LogP contribution in [0.15, 0.2) is 42.6 Å². The van der Waals surface area contributed by atoms with E-state index in [-0.39, 0.29) is 24.2 Å². The number of β-amino-alcohol motifs (C(OH)–C–C–N with tert-alkyl or cyclic N) is 1. The molecule has 11 heteroatoms. The maximum Gasteiger partial charge on any atom is 0.253 e. The van der Waals surface area contributed by atoms with Gasteiger partial charge in [-0.1, -0.05) is 29.8 Å². The van der Waals surface area contributed by atoms with Crippen LogP contribution in [0.3, 0.4) is 0 Å². The third kappa shape index (κ3) is 6.31. The van der Waals surface area contributed by atoms with Crippen molar-refractivity contribution in [3.63, 3.8) is 0 Å². The monoisotopic (exact) mass is 565 g/mol. The molecule has 1 aliphatic heterocycles. The topological polar surface area (TPSA) is 126 Å². The van der Waals surface area contributed by atoms with Crippen LogP contribution >= 0.6 is 11.6 Å². The highest BCUT2D eigenvalue weighted by atomic mass is 35.5. The van der Waals surface area contributed by atoms with E-state index < -0.39 is 0 Å². The van der Waals surface area contributed by atoms with E-state index in [9.17, 15) is 15.0 Å². The summed E-state index contributed by atoms with van der Waals surface area (Å²) in [5.74, 6) is 0.607. The number of fused-ring (bicyclic) bond motifs is 1. The molecule has 2 heterocycles. The van der Waals surface area contributed by atoms with Crippen molar-refractivity contribution in [3.05, 3.63) is 64.3 Å². The Morgan fingerprint density at radius 1 is 1.10 bits per heavy atom. The van der Waals surface area contributed by atoms with Crippen molar-refractivity contribution in [1.82, 2.24) is 25.1 Å². The third-order valence-corrected chi connectivity index (χ3v) is 8.06. The van der Waals surface area contributed by atoms with Crippen LogP contribution in [0.5, 0.6) is 5.75 Å². The highest BCUT2D eigenvalue weighted by molar-refractivity contribution is 6.33. The molecule has 0 radical (unpaired) electrons. The number of carbonyl (C=O) groups is 1. The van der Waals surface area contributed by atoms with Gasteiger partial charge in [0.05, 0.1) is 29.7 Å². The number of aromatic nitrogens is 2. The zero-order valence-corrected chi connectivity index (χ0v) is 23.4. The fourth-order valence-corrected chi connectivity index (χ4v) is 5.75. The molecule has 0 spiro atoms. The van der Waals surface area contributed by atoms with Crippen LogP contribution in [-0.4, -0.2) is 88.3 Å². The number of aliphatic hydroxyl groups excluding tert-OH is 1. The number of carbonyl (C=O) groups excluding carboxylic acids is 1. The van der Waals surface area contributed by atoms with E-state index in [1.165, 1.54) is 11.8 Å². The highest BCUT2D eigenvalue weighted by Crippen LogP contribution is 2.37. The van der Waals surface area contributed by atoms with Crippen molar-refractivity contribution in [2.45, 2.75) is 31.7 Å². The van der Waals surface area contributed by atoms with E-state index in [0.29, 0.717) is 33.8 Å². The van der Waals surface area contributed by atoms with Crippen LogP contribution in [0.4, 0.5) is 23.1 Å². The van der Waals surface area contributed by atoms with Crippen molar-refractivity contribution in [3.8, 4) is 5.75 Å². The van der Waals surface area contributed by atoms with Crippen molar-refractivity contribution in [2.75, 3.05) is 57.0 Å². The van der Waals surface area contributed by atoms with Crippen LogP contribution in [0.1, 0.15) is 34.3 Å². The number of nitrogens with one attached hydrogen (secondary N) is 3. The van der Waals surface area contributed by atoms with Gasteiger partial charge in [0.1, 0.15) is 10.8 Å². The molecule has 2 aliphatic rings. The molecule has 0 bridgehead atoms. The minimum atomic E-state index is -0.229. The Labute approximate surface area is 239 Å². The van der Waals surface area contributed by atoms with Gasteiger partial charge in [-0.05, 0) is 55.0 Å². The zero-order valence-electron chi connectivity index (χ0n) is 22.7. The largest absolute Gasteiger partial charge is 0.505 e. The second kappa shape index (κ2) is 12.8. The molecule has 1 saturated heterocycles.